The highest BCUT2D eigenvalue weighted by Gasteiger charge is 2.28. The molecule has 0 N–H and O–H groups in total. The molecule has 64 valence electrons. The van der Waals surface area contributed by atoms with Crippen LogP contribution in [0, 0.1) is 0 Å². The Morgan fingerprint density at radius 2 is 2.42 bits per heavy atom. The molecule has 3 heteroatoms. The zero-order valence-corrected chi connectivity index (χ0v) is 7.80. The average Bonchev–Trinajstić information content (AvgIpc) is 2.89. The van der Waals surface area contributed by atoms with E-state index >= 15 is 0 Å². The molecule has 2 rings (SSSR count). The molecule has 0 radical (unpaired) electrons. The van der Waals surface area contributed by atoms with Gasteiger partial charge in [0.05, 0.1) is 17.7 Å². The van der Waals surface area contributed by atoms with Crippen LogP contribution in [0.4, 0.5) is 0 Å². The lowest BCUT2D eigenvalue weighted by molar-refractivity contribution is 0.630. The molecule has 1 aromatic heterocycles. The van der Waals surface area contributed by atoms with E-state index in [4.69, 9.17) is 4.18 Å². The van der Waals surface area contributed by atoms with Gasteiger partial charge in [0, 0.05) is 18.4 Å². The van der Waals surface area contributed by atoms with E-state index in [0.29, 0.717) is 5.92 Å². The zero-order valence-electron chi connectivity index (χ0n) is 6.99. The lowest BCUT2D eigenvalue weighted by Gasteiger charge is -2.05. The maximum Gasteiger partial charge on any atom is 0.159 e. The molecule has 1 fully saturated rings. The molecule has 0 spiro atoms. The van der Waals surface area contributed by atoms with Gasteiger partial charge in [-0.1, -0.05) is 0 Å². The van der Waals surface area contributed by atoms with E-state index in [2.05, 4.69) is 4.98 Å². The number of rotatable bonds is 3. The molecular weight excluding hydrogens is 170 g/mol. The Labute approximate surface area is 76.6 Å². The smallest absolute Gasteiger partial charge is 0.159 e. The number of aromatic nitrogens is 1. The Bertz CT molecular complexity index is 273. The summed E-state index contributed by atoms with van der Waals surface area (Å²) in [5.74, 6) is 1.60. The Morgan fingerprint density at radius 1 is 1.58 bits per heavy atom. The summed E-state index contributed by atoms with van der Waals surface area (Å²) in [7, 11) is 0. The van der Waals surface area contributed by atoms with Crippen LogP contribution in [-0.4, -0.2) is 11.2 Å². The van der Waals surface area contributed by atoms with Crippen molar-refractivity contribution in [2.45, 2.75) is 18.8 Å². The second kappa shape index (κ2) is 3.35. The predicted octanol–water partition coefficient (Wildman–Crippen LogP) is 2.62. The molecule has 0 atom stereocenters. The lowest BCUT2D eigenvalue weighted by Crippen LogP contribution is -1.90. The van der Waals surface area contributed by atoms with Gasteiger partial charge in [-0.15, -0.1) is 0 Å². The molecule has 0 saturated heterocycles. The Kier molecular flexibility index (Phi) is 2.21. The van der Waals surface area contributed by atoms with Crippen LogP contribution in [0.3, 0.4) is 0 Å². The normalized spacial score (nSPS) is 16.1. The fraction of sp³-hybridized carbons (Fsp3) is 0.444. The van der Waals surface area contributed by atoms with E-state index in [-0.39, 0.29) is 0 Å². The summed E-state index contributed by atoms with van der Waals surface area (Å²) in [5, 5.41) is 0. The van der Waals surface area contributed by atoms with E-state index in [1.807, 2.05) is 24.6 Å². The van der Waals surface area contributed by atoms with E-state index in [1.54, 1.807) is 0 Å². The van der Waals surface area contributed by atoms with Gasteiger partial charge < -0.3 is 4.18 Å². The molecule has 0 aromatic carbocycles. The molecule has 12 heavy (non-hydrogen) atoms. The van der Waals surface area contributed by atoms with Gasteiger partial charge in [-0.05, 0) is 25.0 Å². The van der Waals surface area contributed by atoms with Gasteiger partial charge >= 0.3 is 0 Å². The van der Waals surface area contributed by atoms with Gasteiger partial charge in [-0.25, -0.2) is 0 Å². The van der Waals surface area contributed by atoms with E-state index in [1.165, 1.54) is 24.9 Å². The molecule has 1 saturated carbocycles. The van der Waals surface area contributed by atoms with Crippen molar-refractivity contribution in [2.75, 3.05) is 6.26 Å². The lowest BCUT2D eigenvalue weighted by atomic mass is 10.2. The van der Waals surface area contributed by atoms with Gasteiger partial charge in [-0.2, -0.15) is 0 Å². The van der Waals surface area contributed by atoms with Crippen molar-refractivity contribution in [3.8, 4) is 5.75 Å². The molecule has 1 aromatic rings. The number of hydrogen-bond acceptors (Lipinski definition) is 3. The minimum absolute atomic E-state index is 0.661. The van der Waals surface area contributed by atoms with Crippen LogP contribution in [0.5, 0.6) is 5.75 Å². The van der Waals surface area contributed by atoms with Crippen molar-refractivity contribution in [3.63, 3.8) is 0 Å². The molecule has 1 aliphatic rings. The van der Waals surface area contributed by atoms with Crippen molar-refractivity contribution in [1.29, 1.82) is 0 Å². The van der Waals surface area contributed by atoms with Crippen molar-refractivity contribution in [1.82, 2.24) is 4.98 Å². The first-order valence-corrected chi connectivity index (χ1v) is 5.22. The van der Waals surface area contributed by atoms with Crippen LogP contribution < -0.4 is 4.18 Å². The number of hydrogen-bond donors (Lipinski definition) is 0. The molecule has 1 aliphatic carbocycles. The average molecular weight is 181 g/mol. The summed E-state index contributed by atoms with van der Waals surface area (Å²) >= 11 is 1.37. The highest BCUT2D eigenvalue weighted by molar-refractivity contribution is 7.94. The second-order valence-corrected chi connectivity index (χ2v) is 3.41. The number of pyridine rings is 1. The first-order valence-electron chi connectivity index (χ1n) is 4.07. The SMILES string of the molecule is CSOc1cccnc1C1CC1. The van der Waals surface area contributed by atoms with Crippen LogP contribution in [-0.2, 0) is 0 Å². The highest BCUT2D eigenvalue weighted by Crippen LogP contribution is 2.43. The standard InChI is InChI=1S/C9H11NOS/c1-12-11-8-3-2-6-10-9(8)7-4-5-7/h2-3,6-7H,4-5H2,1H3. The van der Waals surface area contributed by atoms with Crippen molar-refractivity contribution in [3.05, 3.63) is 24.0 Å². The highest BCUT2D eigenvalue weighted by atomic mass is 32.2. The van der Waals surface area contributed by atoms with Gasteiger partial charge in [0.1, 0.15) is 0 Å². The Morgan fingerprint density at radius 3 is 3.08 bits per heavy atom. The van der Waals surface area contributed by atoms with Crippen molar-refractivity contribution < 1.29 is 4.18 Å². The van der Waals surface area contributed by atoms with Gasteiger partial charge in [0.15, 0.2) is 5.75 Å². The maximum atomic E-state index is 5.39. The summed E-state index contributed by atoms with van der Waals surface area (Å²) < 4.78 is 5.39. The van der Waals surface area contributed by atoms with E-state index in [0.717, 1.165) is 11.4 Å². The fourth-order valence-electron chi connectivity index (χ4n) is 1.23. The van der Waals surface area contributed by atoms with Gasteiger partial charge in [0.2, 0.25) is 0 Å². The zero-order chi connectivity index (χ0) is 8.39. The summed E-state index contributed by atoms with van der Waals surface area (Å²) in [6, 6.07) is 3.90. The molecule has 0 aliphatic heterocycles. The monoisotopic (exact) mass is 181 g/mol. The van der Waals surface area contributed by atoms with Crippen LogP contribution in [0.1, 0.15) is 24.5 Å². The summed E-state index contributed by atoms with van der Waals surface area (Å²) in [6.07, 6.45) is 6.29. The summed E-state index contributed by atoms with van der Waals surface area (Å²) in [4.78, 5) is 4.32. The second-order valence-electron chi connectivity index (χ2n) is 2.91. The third-order valence-electron chi connectivity index (χ3n) is 1.94. The summed E-state index contributed by atoms with van der Waals surface area (Å²) in [5.41, 5.74) is 1.13. The Hall–Kier alpha value is -0.700. The summed E-state index contributed by atoms with van der Waals surface area (Å²) in [6.45, 7) is 0. The largest absolute Gasteiger partial charge is 0.424 e. The topological polar surface area (TPSA) is 22.1 Å². The first kappa shape index (κ1) is 7.92. The van der Waals surface area contributed by atoms with Crippen LogP contribution in [0.15, 0.2) is 18.3 Å². The van der Waals surface area contributed by atoms with Crippen molar-refractivity contribution in [2.24, 2.45) is 0 Å². The Balaban J connectivity index is 2.24. The van der Waals surface area contributed by atoms with Gasteiger partial charge in [0.25, 0.3) is 0 Å². The van der Waals surface area contributed by atoms with E-state index < -0.39 is 0 Å². The van der Waals surface area contributed by atoms with Crippen LogP contribution in [0.2, 0.25) is 0 Å². The molecule has 0 unspecified atom stereocenters. The molecule has 1 heterocycles. The fourth-order valence-corrected chi connectivity index (χ4v) is 1.55. The minimum Gasteiger partial charge on any atom is -0.424 e. The predicted molar refractivity (Wildman–Crippen MR) is 50.4 cm³/mol. The third kappa shape index (κ3) is 1.55. The molecule has 2 nitrogen and oxygen atoms in total. The van der Waals surface area contributed by atoms with Crippen LogP contribution in [0.25, 0.3) is 0 Å². The number of nitrogens with zero attached hydrogens (tertiary/aromatic N) is 1. The minimum atomic E-state index is 0.661. The molecule has 0 bridgehead atoms. The molecular formula is C9H11NOS. The first-order chi connectivity index (χ1) is 5.92. The molecule has 0 amide bonds. The van der Waals surface area contributed by atoms with Gasteiger partial charge in [-0.3, -0.25) is 4.98 Å². The van der Waals surface area contributed by atoms with E-state index in [9.17, 15) is 0 Å². The maximum absolute atomic E-state index is 5.39. The quantitative estimate of drug-likeness (QED) is 0.669. The van der Waals surface area contributed by atoms with Crippen LogP contribution >= 0.6 is 12.0 Å². The van der Waals surface area contributed by atoms with Crippen molar-refractivity contribution >= 4 is 12.0 Å². The third-order valence-corrected chi connectivity index (χ3v) is 2.28.